The van der Waals surface area contributed by atoms with Crippen molar-refractivity contribution in [2.75, 3.05) is 0 Å². The van der Waals surface area contributed by atoms with Crippen LogP contribution in [0.1, 0.15) is 35.3 Å². The topological polar surface area (TPSA) is 39.4 Å². The first-order valence-electron chi connectivity index (χ1n) is 7.74. The minimum absolute atomic E-state index is 0.0781. The van der Waals surface area contributed by atoms with Crippen molar-refractivity contribution in [2.24, 2.45) is 0 Å². The van der Waals surface area contributed by atoms with E-state index in [4.69, 9.17) is 9.15 Å². The summed E-state index contributed by atoms with van der Waals surface area (Å²) in [6.07, 6.45) is -0.0781. The molecule has 118 valence electrons. The molecule has 0 N–H and O–H groups in total. The predicted octanol–water partition coefficient (Wildman–Crippen LogP) is 4.86. The van der Waals surface area contributed by atoms with Crippen molar-refractivity contribution >= 4 is 11.0 Å². The van der Waals surface area contributed by atoms with E-state index >= 15 is 0 Å². The Morgan fingerprint density at radius 2 is 1.61 bits per heavy atom. The molecule has 3 nitrogen and oxygen atoms in total. The van der Waals surface area contributed by atoms with Crippen molar-refractivity contribution in [3.05, 3.63) is 75.1 Å². The predicted molar refractivity (Wildman–Crippen MR) is 92.2 cm³/mol. The van der Waals surface area contributed by atoms with Gasteiger partial charge in [-0.15, -0.1) is 0 Å². The van der Waals surface area contributed by atoms with Gasteiger partial charge in [-0.05, 0) is 51.0 Å². The standard InChI is InChI=1S/C20H20O3/c1-12-13(2)20(21)23-19-14(3)18(11-10-17(12)19)22-15(4)16-8-6-5-7-9-16/h5-11,15H,1-4H3/t15-/m1/s1. The number of ether oxygens (including phenoxy) is 1. The molecule has 3 rings (SSSR count). The minimum atomic E-state index is -0.286. The maximum absolute atomic E-state index is 12.0. The molecule has 1 atom stereocenters. The molecular formula is C20H20O3. The highest BCUT2D eigenvalue weighted by Crippen LogP contribution is 2.31. The molecule has 0 saturated carbocycles. The van der Waals surface area contributed by atoms with E-state index in [1.807, 2.05) is 63.2 Å². The smallest absolute Gasteiger partial charge is 0.339 e. The Morgan fingerprint density at radius 1 is 0.913 bits per heavy atom. The fourth-order valence-electron chi connectivity index (χ4n) is 2.73. The monoisotopic (exact) mass is 308 g/mol. The maximum Gasteiger partial charge on any atom is 0.339 e. The van der Waals surface area contributed by atoms with Gasteiger partial charge in [0.15, 0.2) is 0 Å². The number of hydrogen-bond donors (Lipinski definition) is 0. The zero-order valence-corrected chi connectivity index (χ0v) is 13.8. The fraction of sp³-hybridized carbons (Fsp3) is 0.250. The quantitative estimate of drug-likeness (QED) is 0.649. The first kappa shape index (κ1) is 15.3. The van der Waals surface area contributed by atoms with Crippen molar-refractivity contribution in [3.63, 3.8) is 0 Å². The van der Waals surface area contributed by atoms with Gasteiger partial charge in [-0.1, -0.05) is 30.3 Å². The zero-order valence-electron chi connectivity index (χ0n) is 13.8. The third-order valence-corrected chi connectivity index (χ3v) is 4.40. The molecule has 0 aliphatic carbocycles. The Bertz CT molecular complexity index is 908. The van der Waals surface area contributed by atoms with Crippen LogP contribution in [-0.2, 0) is 0 Å². The summed E-state index contributed by atoms with van der Waals surface area (Å²) in [7, 11) is 0. The summed E-state index contributed by atoms with van der Waals surface area (Å²) in [4.78, 5) is 12.0. The van der Waals surface area contributed by atoms with Gasteiger partial charge < -0.3 is 9.15 Å². The lowest BCUT2D eigenvalue weighted by Crippen LogP contribution is -2.08. The van der Waals surface area contributed by atoms with Crippen LogP contribution in [0, 0.1) is 20.8 Å². The lowest BCUT2D eigenvalue weighted by molar-refractivity contribution is 0.225. The molecule has 2 aromatic carbocycles. The van der Waals surface area contributed by atoms with E-state index in [9.17, 15) is 4.79 Å². The molecule has 0 fully saturated rings. The van der Waals surface area contributed by atoms with Gasteiger partial charge in [-0.2, -0.15) is 0 Å². The average Bonchev–Trinajstić information content (AvgIpc) is 2.56. The molecule has 0 spiro atoms. The Morgan fingerprint density at radius 3 is 2.30 bits per heavy atom. The summed E-state index contributed by atoms with van der Waals surface area (Å²) in [6.45, 7) is 7.67. The zero-order chi connectivity index (χ0) is 16.6. The number of fused-ring (bicyclic) bond motifs is 1. The summed E-state index contributed by atoms with van der Waals surface area (Å²) in [6, 6.07) is 14.0. The third kappa shape index (κ3) is 2.74. The number of benzene rings is 2. The number of rotatable bonds is 3. The summed E-state index contributed by atoms with van der Waals surface area (Å²) in [5.41, 5.74) is 3.89. The molecule has 0 aliphatic heterocycles. The second-order valence-electron chi connectivity index (χ2n) is 5.88. The Hall–Kier alpha value is -2.55. The molecule has 0 unspecified atom stereocenters. The molecule has 1 aromatic heterocycles. The van der Waals surface area contributed by atoms with Crippen molar-refractivity contribution in [3.8, 4) is 5.75 Å². The molecular weight excluding hydrogens is 288 g/mol. The third-order valence-electron chi connectivity index (χ3n) is 4.40. The molecule has 0 aliphatic rings. The van der Waals surface area contributed by atoms with Crippen molar-refractivity contribution in [2.45, 2.75) is 33.8 Å². The van der Waals surface area contributed by atoms with Gasteiger partial charge in [-0.3, -0.25) is 0 Å². The van der Waals surface area contributed by atoms with Crippen molar-refractivity contribution in [1.29, 1.82) is 0 Å². The first-order valence-corrected chi connectivity index (χ1v) is 7.74. The van der Waals surface area contributed by atoms with Gasteiger partial charge in [0.25, 0.3) is 0 Å². The van der Waals surface area contributed by atoms with Gasteiger partial charge in [0, 0.05) is 16.5 Å². The molecule has 0 amide bonds. The lowest BCUT2D eigenvalue weighted by atomic mass is 10.0. The summed E-state index contributed by atoms with van der Waals surface area (Å²) >= 11 is 0. The highest BCUT2D eigenvalue weighted by atomic mass is 16.5. The van der Waals surface area contributed by atoms with E-state index in [2.05, 4.69) is 0 Å². The van der Waals surface area contributed by atoms with E-state index in [1.165, 1.54) is 0 Å². The number of hydrogen-bond acceptors (Lipinski definition) is 3. The maximum atomic E-state index is 12.0. The van der Waals surface area contributed by atoms with Gasteiger partial charge in [0.1, 0.15) is 17.4 Å². The Balaban J connectivity index is 2.05. The van der Waals surface area contributed by atoms with Crippen LogP contribution in [-0.4, -0.2) is 0 Å². The van der Waals surface area contributed by atoms with Crippen molar-refractivity contribution in [1.82, 2.24) is 0 Å². The minimum Gasteiger partial charge on any atom is -0.486 e. The van der Waals surface area contributed by atoms with Crippen LogP contribution in [0.4, 0.5) is 0 Å². The normalized spacial score (nSPS) is 12.3. The molecule has 23 heavy (non-hydrogen) atoms. The highest BCUT2D eigenvalue weighted by molar-refractivity contribution is 5.85. The van der Waals surface area contributed by atoms with Gasteiger partial charge in [0.2, 0.25) is 0 Å². The second-order valence-corrected chi connectivity index (χ2v) is 5.88. The van der Waals surface area contributed by atoms with E-state index < -0.39 is 0 Å². The molecule has 0 bridgehead atoms. The van der Waals surface area contributed by atoms with Gasteiger partial charge in [0.05, 0.1) is 0 Å². The lowest BCUT2D eigenvalue weighted by Gasteiger charge is -2.18. The summed E-state index contributed by atoms with van der Waals surface area (Å²) in [5.74, 6) is 0.736. The SMILES string of the molecule is Cc1c(C)c2ccc(O[C@H](C)c3ccccc3)c(C)c2oc1=O. The van der Waals surface area contributed by atoms with Crippen molar-refractivity contribution < 1.29 is 9.15 Å². The average molecular weight is 308 g/mol. The van der Waals surface area contributed by atoms with Crippen LogP contribution in [0.5, 0.6) is 5.75 Å². The van der Waals surface area contributed by atoms with E-state index in [-0.39, 0.29) is 11.7 Å². The van der Waals surface area contributed by atoms with E-state index in [0.717, 1.165) is 27.8 Å². The summed E-state index contributed by atoms with van der Waals surface area (Å²) < 4.78 is 11.6. The molecule has 0 radical (unpaired) electrons. The summed E-state index contributed by atoms with van der Waals surface area (Å²) in [5, 5.41) is 0.958. The first-order chi connectivity index (χ1) is 11.0. The van der Waals surface area contributed by atoms with E-state index in [1.54, 1.807) is 6.92 Å². The molecule has 3 heteroatoms. The highest BCUT2D eigenvalue weighted by Gasteiger charge is 2.15. The largest absolute Gasteiger partial charge is 0.486 e. The van der Waals surface area contributed by atoms with Crippen LogP contribution >= 0.6 is 0 Å². The fourth-order valence-corrected chi connectivity index (χ4v) is 2.73. The van der Waals surface area contributed by atoms with Crippen LogP contribution in [0.3, 0.4) is 0 Å². The van der Waals surface area contributed by atoms with Gasteiger partial charge >= 0.3 is 5.63 Å². The number of aryl methyl sites for hydroxylation is 2. The van der Waals surface area contributed by atoms with Crippen LogP contribution in [0.25, 0.3) is 11.0 Å². The second kappa shape index (κ2) is 5.92. The Kier molecular flexibility index (Phi) is 3.95. The van der Waals surface area contributed by atoms with Crippen LogP contribution < -0.4 is 10.4 Å². The molecule has 3 aromatic rings. The molecule has 0 saturated heterocycles. The van der Waals surface area contributed by atoms with E-state index in [0.29, 0.717) is 11.1 Å². The molecule has 1 heterocycles. The van der Waals surface area contributed by atoms with Gasteiger partial charge in [-0.25, -0.2) is 4.79 Å². The van der Waals surface area contributed by atoms with Crippen LogP contribution in [0.15, 0.2) is 51.7 Å². The van der Waals surface area contributed by atoms with Crippen LogP contribution in [0.2, 0.25) is 0 Å². The Labute approximate surface area is 135 Å².